The number of aromatic nitrogens is 1. The van der Waals surface area contributed by atoms with E-state index < -0.39 is 10.0 Å². The Labute approximate surface area is 136 Å². The summed E-state index contributed by atoms with van der Waals surface area (Å²) in [4.78, 5) is 14.3. The molecule has 2 aliphatic rings. The molecule has 0 unspecified atom stereocenters. The summed E-state index contributed by atoms with van der Waals surface area (Å²) in [6.07, 6.45) is 6.86. The predicted molar refractivity (Wildman–Crippen MR) is 83.9 cm³/mol. The van der Waals surface area contributed by atoms with Gasteiger partial charge in [0.25, 0.3) is 0 Å². The Morgan fingerprint density at radius 3 is 2.48 bits per heavy atom. The Kier molecular flexibility index (Phi) is 5.01. The SMILES string of the molecule is O=C(C1CCCCC1)N1CCN(S(=O)(=O)Cc2ccno2)CC1. The highest BCUT2D eigenvalue weighted by Gasteiger charge is 2.32. The molecule has 8 heteroatoms. The van der Waals surface area contributed by atoms with Crippen LogP contribution in [0.3, 0.4) is 0 Å². The van der Waals surface area contributed by atoms with Crippen LogP contribution in [-0.2, 0) is 20.6 Å². The van der Waals surface area contributed by atoms with Crippen LogP contribution in [0.1, 0.15) is 37.9 Å². The number of piperazine rings is 1. The molecule has 7 nitrogen and oxygen atoms in total. The van der Waals surface area contributed by atoms with E-state index in [4.69, 9.17) is 4.52 Å². The van der Waals surface area contributed by atoms with Gasteiger partial charge in [-0.25, -0.2) is 8.42 Å². The standard InChI is InChI=1S/C15H23N3O4S/c19-15(13-4-2-1-3-5-13)17-8-10-18(11-9-17)23(20,21)12-14-6-7-16-22-14/h6-7,13H,1-5,8-12H2. The Hall–Kier alpha value is -1.41. The first kappa shape index (κ1) is 16.4. The normalized spacial score (nSPS) is 21.5. The summed E-state index contributed by atoms with van der Waals surface area (Å²) in [6.45, 7) is 1.67. The van der Waals surface area contributed by atoms with Gasteiger partial charge < -0.3 is 9.42 Å². The van der Waals surface area contributed by atoms with Crippen molar-refractivity contribution in [2.75, 3.05) is 26.2 Å². The number of amides is 1. The summed E-state index contributed by atoms with van der Waals surface area (Å²) in [5.74, 6) is 0.507. The molecule has 1 aromatic rings. The molecule has 3 rings (SSSR count). The second-order valence-corrected chi connectivity index (χ2v) is 8.26. The molecule has 23 heavy (non-hydrogen) atoms. The maximum Gasteiger partial charge on any atom is 0.225 e. The van der Waals surface area contributed by atoms with Crippen LogP contribution in [0.5, 0.6) is 0 Å². The van der Waals surface area contributed by atoms with Gasteiger partial charge >= 0.3 is 0 Å². The third-order valence-electron chi connectivity index (χ3n) is 4.71. The van der Waals surface area contributed by atoms with E-state index in [1.54, 1.807) is 6.07 Å². The van der Waals surface area contributed by atoms with Crippen molar-refractivity contribution in [3.8, 4) is 0 Å². The lowest BCUT2D eigenvalue weighted by atomic mass is 9.88. The number of nitrogens with zero attached hydrogens (tertiary/aromatic N) is 3. The number of carbonyl (C=O) groups excluding carboxylic acids is 1. The van der Waals surface area contributed by atoms with E-state index in [1.165, 1.54) is 16.9 Å². The first-order valence-electron chi connectivity index (χ1n) is 8.22. The monoisotopic (exact) mass is 341 g/mol. The van der Waals surface area contributed by atoms with E-state index in [0.29, 0.717) is 31.9 Å². The molecule has 2 fully saturated rings. The molecule has 128 valence electrons. The molecule has 2 heterocycles. The van der Waals surface area contributed by atoms with Crippen LogP contribution < -0.4 is 0 Å². The van der Waals surface area contributed by atoms with E-state index in [0.717, 1.165) is 25.7 Å². The van der Waals surface area contributed by atoms with Crippen molar-refractivity contribution in [1.82, 2.24) is 14.4 Å². The fourth-order valence-corrected chi connectivity index (χ4v) is 4.79. The summed E-state index contributed by atoms with van der Waals surface area (Å²) >= 11 is 0. The van der Waals surface area contributed by atoms with Crippen molar-refractivity contribution in [2.24, 2.45) is 5.92 Å². The van der Waals surface area contributed by atoms with Crippen LogP contribution in [0.25, 0.3) is 0 Å². The zero-order valence-electron chi connectivity index (χ0n) is 13.2. The van der Waals surface area contributed by atoms with Crippen molar-refractivity contribution < 1.29 is 17.7 Å². The minimum absolute atomic E-state index is 0.140. The lowest BCUT2D eigenvalue weighted by Gasteiger charge is -2.36. The van der Waals surface area contributed by atoms with Crippen molar-refractivity contribution in [2.45, 2.75) is 37.9 Å². The fraction of sp³-hybridized carbons (Fsp3) is 0.733. The molecule has 1 aliphatic carbocycles. The van der Waals surface area contributed by atoms with Crippen molar-refractivity contribution in [1.29, 1.82) is 0 Å². The smallest absolute Gasteiger partial charge is 0.225 e. The number of hydrogen-bond donors (Lipinski definition) is 0. The lowest BCUT2D eigenvalue weighted by molar-refractivity contribution is -0.137. The van der Waals surface area contributed by atoms with E-state index >= 15 is 0 Å². The van der Waals surface area contributed by atoms with Crippen LogP contribution in [0.15, 0.2) is 16.8 Å². The average Bonchev–Trinajstić information content (AvgIpc) is 3.07. The molecule has 0 bridgehead atoms. The number of sulfonamides is 1. The number of hydrogen-bond acceptors (Lipinski definition) is 5. The summed E-state index contributed by atoms with van der Waals surface area (Å²) in [7, 11) is -3.42. The summed E-state index contributed by atoms with van der Waals surface area (Å²) in [6, 6.07) is 1.56. The third-order valence-corrected chi connectivity index (χ3v) is 6.52. The van der Waals surface area contributed by atoms with Crippen molar-refractivity contribution >= 4 is 15.9 Å². The van der Waals surface area contributed by atoms with Crippen molar-refractivity contribution in [3.05, 3.63) is 18.0 Å². The van der Waals surface area contributed by atoms with Crippen molar-refractivity contribution in [3.63, 3.8) is 0 Å². The van der Waals surface area contributed by atoms with Gasteiger partial charge in [-0.3, -0.25) is 4.79 Å². The average molecular weight is 341 g/mol. The fourth-order valence-electron chi connectivity index (χ4n) is 3.38. The maximum atomic E-state index is 12.5. The summed E-state index contributed by atoms with van der Waals surface area (Å²) in [5, 5.41) is 3.53. The van der Waals surface area contributed by atoms with E-state index in [9.17, 15) is 13.2 Å². The van der Waals surface area contributed by atoms with Gasteiger partial charge in [-0.2, -0.15) is 4.31 Å². The zero-order valence-corrected chi connectivity index (χ0v) is 14.0. The topological polar surface area (TPSA) is 83.7 Å². The molecule has 0 N–H and O–H groups in total. The highest BCUT2D eigenvalue weighted by atomic mass is 32.2. The van der Waals surface area contributed by atoms with Gasteiger partial charge in [0.2, 0.25) is 15.9 Å². The first-order valence-corrected chi connectivity index (χ1v) is 9.83. The molecular formula is C15H23N3O4S. The van der Waals surface area contributed by atoms with Gasteiger partial charge in [0.05, 0.1) is 6.20 Å². The highest BCUT2D eigenvalue weighted by Crippen LogP contribution is 2.26. The van der Waals surface area contributed by atoms with E-state index in [-0.39, 0.29) is 17.6 Å². The summed E-state index contributed by atoms with van der Waals surface area (Å²) < 4.78 is 31.1. The van der Waals surface area contributed by atoms with Gasteiger partial charge in [-0.15, -0.1) is 0 Å². The van der Waals surface area contributed by atoms with Crippen LogP contribution in [0, 0.1) is 5.92 Å². The minimum Gasteiger partial charge on any atom is -0.360 e. The largest absolute Gasteiger partial charge is 0.360 e. The second-order valence-electron chi connectivity index (χ2n) is 6.29. The Morgan fingerprint density at radius 2 is 1.87 bits per heavy atom. The van der Waals surface area contributed by atoms with E-state index in [2.05, 4.69) is 5.16 Å². The molecule has 0 atom stereocenters. The molecule has 0 radical (unpaired) electrons. The Balaban J connectivity index is 1.54. The Morgan fingerprint density at radius 1 is 1.17 bits per heavy atom. The molecule has 0 aromatic carbocycles. The number of carbonyl (C=O) groups is 1. The lowest BCUT2D eigenvalue weighted by Crippen LogP contribution is -2.52. The zero-order chi connectivity index (χ0) is 16.3. The minimum atomic E-state index is -3.42. The summed E-state index contributed by atoms with van der Waals surface area (Å²) in [5.41, 5.74) is 0. The molecule has 1 amide bonds. The van der Waals surface area contributed by atoms with Gasteiger partial charge in [0.1, 0.15) is 5.75 Å². The van der Waals surface area contributed by atoms with Gasteiger partial charge in [-0.1, -0.05) is 24.4 Å². The molecule has 1 saturated carbocycles. The Bertz CT molecular complexity index is 615. The van der Waals surface area contributed by atoms with Crippen LogP contribution >= 0.6 is 0 Å². The van der Waals surface area contributed by atoms with Crippen LogP contribution in [0.4, 0.5) is 0 Å². The molecule has 1 saturated heterocycles. The van der Waals surface area contributed by atoms with Crippen LogP contribution in [0.2, 0.25) is 0 Å². The van der Waals surface area contributed by atoms with Crippen LogP contribution in [-0.4, -0.2) is 54.9 Å². The van der Waals surface area contributed by atoms with E-state index in [1.807, 2.05) is 4.90 Å². The first-order chi connectivity index (χ1) is 11.1. The predicted octanol–water partition coefficient (Wildman–Crippen LogP) is 1.23. The third kappa shape index (κ3) is 3.92. The quantitative estimate of drug-likeness (QED) is 0.822. The second kappa shape index (κ2) is 7.00. The van der Waals surface area contributed by atoms with Gasteiger partial charge in [0, 0.05) is 38.2 Å². The molecule has 1 aromatic heterocycles. The van der Waals surface area contributed by atoms with Gasteiger partial charge in [0.15, 0.2) is 5.76 Å². The number of rotatable bonds is 4. The molecule has 1 aliphatic heterocycles. The van der Waals surface area contributed by atoms with Gasteiger partial charge in [-0.05, 0) is 12.8 Å². The maximum absolute atomic E-state index is 12.5. The molecular weight excluding hydrogens is 318 g/mol. The highest BCUT2D eigenvalue weighted by molar-refractivity contribution is 7.88. The molecule has 0 spiro atoms.